The predicted octanol–water partition coefficient (Wildman–Crippen LogP) is 5.27. The zero-order chi connectivity index (χ0) is 21.3. The van der Waals surface area contributed by atoms with Crippen molar-refractivity contribution in [2.45, 2.75) is 12.0 Å². The average Bonchev–Trinajstić information content (AvgIpc) is 2.75. The third-order valence-electron chi connectivity index (χ3n) is 5.17. The highest BCUT2D eigenvalue weighted by Gasteiger charge is 2.58. The van der Waals surface area contributed by atoms with E-state index >= 15 is 0 Å². The van der Waals surface area contributed by atoms with Gasteiger partial charge < -0.3 is 10.1 Å². The normalized spacial score (nSPS) is 18.0. The fourth-order valence-corrected chi connectivity index (χ4v) is 3.88. The van der Waals surface area contributed by atoms with Gasteiger partial charge in [-0.3, -0.25) is 14.5 Å². The van der Waals surface area contributed by atoms with Crippen LogP contribution in [0.3, 0.4) is 0 Å². The number of benzene rings is 3. The maximum atomic E-state index is 13.6. The predicted molar refractivity (Wildman–Crippen MR) is 118 cm³/mol. The number of carbonyl (C=O) groups is 2. The molecule has 1 heterocycles. The lowest BCUT2D eigenvalue weighted by Crippen LogP contribution is -2.67. The van der Waals surface area contributed by atoms with Gasteiger partial charge in [-0.05, 0) is 66.2 Å². The topological polar surface area (TPSA) is 58.6 Å². The standard InChI is InChI=1S/C23H18Cl2N2O3/c1-30-20-12-2-15(3-13-20)23(22(29)26-18-8-4-16(24)5-9-18)14-21(28)27(23)19-10-6-17(25)7-11-19/h2-13H,14H2,1H3,(H,26,29). The Balaban J connectivity index is 1.77. The van der Waals surface area contributed by atoms with Crippen molar-refractivity contribution in [1.82, 2.24) is 0 Å². The van der Waals surface area contributed by atoms with E-state index in [1.807, 2.05) is 0 Å². The lowest BCUT2D eigenvalue weighted by Gasteiger charge is -2.50. The highest BCUT2D eigenvalue weighted by atomic mass is 35.5. The molecule has 0 spiro atoms. The minimum atomic E-state index is -1.20. The van der Waals surface area contributed by atoms with Crippen molar-refractivity contribution in [2.24, 2.45) is 0 Å². The number of nitrogens with one attached hydrogen (secondary N) is 1. The van der Waals surface area contributed by atoms with Crippen molar-refractivity contribution in [3.05, 3.63) is 88.4 Å². The van der Waals surface area contributed by atoms with Gasteiger partial charge in [0.1, 0.15) is 5.75 Å². The van der Waals surface area contributed by atoms with Crippen LogP contribution in [0.15, 0.2) is 72.8 Å². The van der Waals surface area contributed by atoms with E-state index in [1.165, 1.54) is 4.90 Å². The molecule has 0 aliphatic carbocycles. The van der Waals surface area contributed by atoms with Crippen molar-refractivity contribution in [3.8, 4) is 5.75 Å². The van der Waals surface area contributed by atoms with Crippen molar-refractivity contribution >= 4 is 46.4 Å². The average molecular weight is 441 g/mol. The number of methoxy groups -OCH3 is 1. The Morgan fingerprint density at radius 3 is 2.03 bits per heavy atom. The first-order valence-corrected chi connectivity index (χ1v) is 10.00. The molecule has 1 unspecified atom stereocenters. The number of hydrogen-bond donors (Lipinski definition) is 1. The fraction of sp³-hybridized carbons (Fsp3) is 0.130. The van der Waals surface area contributed by atoms with Crippen molar-refractivity contribution in [3.63, 3.8) is 0 Å². The van der Waals surface area contributed by atoms with Gasteiger partial charge in [0, 0.05) is 21.4 Å². The molecular weight excluding hydrogens is 423 g/mol. The summed E-state index contributed by atoms with van der Waals surface area (Å²) in [6, 6.07) is 20.8. The molecule has 2 amide bonds. The molecule has 0 radical (unpaired) electrons. The van der Waals surface area contributed by atoms with Gasteiger partial charge in [-0.1, -0.05) is 35.3 Å². The molecule has 30 heavy (non-hydrogen) atoms. The molecule has 0 aromatic heterocycles. The number of ether oxygens (including phenoxy) is 1. The van der Waals surface area contributed by atoms with Crippen LogP contribution in [0.25, 0.3) is 0 Å². The highest BCUT2D eigenvalue weighted by Crippen LogP contribution is 2.46. The molecule has 152 valence electrons. The lowest BCUT2D eigenvalue weighted by atomic mass is 9.76. The van der Waals surface area contributed by atoms with Gasteiger partial charge in [0.25, 0.3) is 5.91 Å². The number of β-lactam (4-membered cyclic amide) rings is 1. The third kappa shape index (κ3) is 3.51. The quantitative estimate of drug-likeness (QED) is 0.549. The Kier molecular flexibility index (Phi) is 5.41. The molecule has 0 bridgehead atoms. The molecule has 1 atom stereocenters. The summed E-state index contributed by atoms with van der Waals surface area (Å²) in [5.41, 5.74) is 0.673. The Hall–Kier alpha value is -3.02. The van der Waals surface area contributed by atoms with E-state index < -0.39 is 5.54 Å². The minimum Gasteiger partial charge on any atom is -0.497 e. The van der Waals surface area contributed by atoms with Gasteiger partial charge in [0.15, 0.2) is 5.54 Å². The molecule has 1 N–H and O–H groups in total. The van der Waals surface area contributed by atoms with Crippen molar-refractivity contribution in [2.75, 3.05) is 17.3 Å². The summed E-state index contributed by atoms with van der Waals surface area (Å²) in [6.07, 6.45) is 0.0430. The van der Waals surface area contributed by atoms with E-state index in [9.17, 15) is 9.59 Å². The zero-order valence-electron chi connectivity index (χ0n) is 16.1. The van der Waals surface area contributed by atoms with Crippen LogP contribution >= 0.6 is 23.2 Å². The monoisotopic (exact) mass is 440 g/mol. The minimum absolute atomic E-state index is 0.0430. The van der Waals surface area contributed by atoms with Crippen LogP contribution in [-0.4, -0.2) is 18.9 Å². The smallest absolute Gasteiger partial charge is 0.255 e. The number of anilines is 2. The van der Waals surface area contributed by atoms with Crippen LogP contribution in [0.2, 0.25) is 10.0 Å². The van der Waals surface area contributed by atoms with E-state index in [1.54, 1.807) is 79.9 Å². The highest BCUT2D eigenvalue weighted by molar-refractivity contribution is 6.31. The maximum absolute atomic E-state index is 13.6. The number of nitrogens with zero attached hydrogens (tertiary/aromatic N) is 1. The fourth-order valence-electron chi connectivity index (χ4n) is 3.63. The van der Waals surface area contributed by atoms with Crippen LogP contribution in [-0.2, 0) is 15.1 Å². The molecule has 0 saturated carbocycles. The summed E-state index contributed by atoms with van der Waals surface area (Å²) in [6.45, 7) is 0. The summed E-state index contributed by atoms with van der Waals surface area (Å²) < 4.78 is 5.24. The van der Waals surface area contributed by atoms with Crippen LogP contribution in [0, 0.1) is 0 Å². The molecule has 4 rings (SSSR count). The van der Waals surface area contributed by atoms with Gasteiger partial charge >= 0.3 is 0 Å². The molecule has 5 nitrogen and oxygen atoms in total. The third-order valence-corrected chi connectivity index (χ3v) is 5.67. The molecule has 1 aliphatic heterocycles. The molecule has 7 heteroatoms. The van der Waals surface area contributed by atoms with E-state index in [0.29, 0.717) is 32.7 Å². The van der Waals surface area contributed by atoms with E-state index in [0.717, 1.165) is 0 Å². The van der Waals surface area contributed by atoms with E-state index in [2.05, 4.69) is 5.32 Å². The second kappa shape index (κ2) is 8.01. The first kappa shape index (κ1) is 20.3. The molecule has 1 saturated heterocycles. The van der Waals surface area contributed by atoms with Crippen molar-refractivity contribution < 1.29 is 14.3 Å². The van der Waals surface area contributed by atoms with E-state index in [-0.39, 0.29) is 18.2 Å². The molecule has 3 aromatic rings. The van der Waals surface area contributed by atoms with Crippen LogP contribution in [0.5, 0.6) is 5.75 Å². The second-order valence-corrected chi connectivity index (χ2v) is 7.81. The number of halogens is 2. The van der Waals surface area contributed by atoms with Gasteiger partial charge in [0.05, 0.1) is 13.5 Å². The summed E-state index contributed by atoms with van der Waals surface area (Å²) in [5.74, 6) is 0.194. The summed E-state index contributed by atoms with van der Waals surface area (Å²) in [4.78, 5) is 27.8. The molecule has 3 aromatic carbocycles. The van der Waals surface area contributed by atoms with Gasteiger partial charge in [-0.2, -0.15) is 0 Å². The van der Waals surface area contributed by atoms with Crippen LogP contribution in [0.4, 0.5) is 11.4 Å². The maximum Gasteiger partial charge on any atom is 0.255 e. The number of hydrogen-bond acceptors (Lipinski definition) is 3. The van der Waals surface area contributed by atoms with Crippen molar-refractivity contribution in [1.29, 1.82) is 0 Å². The SMILES string of the molecule is COc1ccc(C2(C(=O)Nc3ccc(Cl)cc3)CC(=O)N2c2ccc(Cl)cc2)cc1. The Morgan fingerprint density at radius 2 is 1.50 bits per heavy atom. The molecule has 1 aliphatic rings. The Bertz CT molecular complexity index is 1080. The first-order chi connectivity index (χ1) is 14.4. The second-order valence-electron chi connectivity index (χ2n) is 6.93. The van der Waals surface area contributed by atoms with Gasteiger partial charge in [0.2, 0.25) is 5.91 Å². The number of rotatable bonds is 5. The summed E-state index contributed by atoms with van der Waals surface area (Å²) in [5, 5.41) is 4.04. The molecular formula is C23H18Cl2N2O3. The summed E-state index contributed by atoms with van der Waals surface area (Å²) >= 11 is 12.0. The van der Waals surface area contributed by atoms with Crippen LogP contribution in [0.1, 0.15) is 12.0 Å². The van der Waals surface area contributed by atoms with Gasteiger partial charge in [-0.25, -0.2) is 0 Å². The number of carbonyl (C=O) groups excluding carboxylic acids is 2. The Morgan fingerprint density at radius 1 is 0.933 bits per heavy atom. The molecule has 1 fully saturated rings. The number of amides is 2. The lowest BCUT2D eigenvalue weighted by molar-refractivity contribution is -0.137. The van der Waals surface area contributed by atoms with E-state index in [4.69, 9.17) is 27.9 Å². The van der Waals surface area contributed by atoms with Crippen LogP contribution < -0.4 is 15.0 Å². The first-order valence-electron chi connectivity index (χ1n) is 9.24. The summed E-state index contributed by atoms with van der Waals surface area (Å²) in [7, 11) is 1.57. The zero-order valence-corrected chi connectivity index (χ0v) is 17.6. The Labute approximate surface area is 184 Å². The largest absolute Gasteiger partial charge is 0.497 e. The van der Waals surface area contributed by atoms with Gasteiger partial charge in [-0.15, -0.1) is 0 Å².